The van der Waals surface area contributed by atoms with Gasteiger partial charge in [0.15, 0.2) is 0 Å². The van der Waals surface area contributed by atoms with E-state index in [2.05, 4.69) is 38.1 Å². The number of aromatic amines is 1. The predicted molar refractivity (Wildman–Crippen MR) is 127 cm³/mol. The molecule has 0 radical (unpaired) electrons. The summed E-state index contributed by atoms with van der Waals surface area (Å²) in [6.45, 7) is 4.72. The van der Waals surface area contributed by atoms with Gasteiger partial charge in [-0.3, -0.25) is 9.59 Å². The van der Waals surface area contributed by atoms with Gasteiger partial charge < -0.3 is 15.2 Å². The van der Waals surface area contributed by atoms with Crippen molar-refractivity contribution in [2.24, 2.45) is 5.41 Å². The van der Waals surface area contributed by atoms with E-state index in [0.29, 0.717) is 19.5 Å². The fourth-order valence-corrected chi connectivity index (χ4v) is 5.11. The van der Waals surface area contributed by atoms with E-state index < -0.39 is 6.04 Å². The SMILES string of the molecule is C=CC(=O)N1CC2(CC2)C[C@H]1C(=O)NCCc1cc2c(-c3cnn4ncccc34)ccnc2[nH]1. The van der Waals surface area contributed by atoms with E-state index in [1.54, 1.807) is 21.9 Å². The van der Waals surface area contributed by atoms with Crippen molar-refractivity contribution in [3.8, 4) is 11.1 Å². The topological polar surface area (TPSA) is 108 Å². The molecule has 9 nitrogen and oxygen atoms in total. The molecule has 34 heavy (non-hydrogen) atoms. The second-order valence-electron chi connectivity index (χ2n) is 9.30. The fraction of sp³-hybridized carbons (Fsp3) is 0.320. The smallest absolute Gasteiger partial charge is 0.246 e. The third kappa shape index (κ3) is 3.44. The monoisotopic (exact) mass is 455 g/mol. The van der Waals surface area contributed by atoms with Gasteiger partial charge in [-0.2, -0.15) is 14.8 Å². The molecular formula is C25H25N7O2. The summed E-state index contributed by atoms with van der Waals surface area (Å²) in [6, 6.07) is 7.52. The van der Waals surface area contributed by atoms with Crippen LogP contribution >= 0.6 is 0 Å². The van der Waals surface area contributed by atoms with Crippen molar-refractivity contribution < 1.29 is 9.59 Å². The van der Waals surface area contributed by atoms with Gasteiger partial charge in [-0.1, -0.05) is 6.58 Å². The second-order valence-corrected chi connectivity index (χ2v) is 9.30. The Morgan fingerprint density at radius 1 is 1.24 bits per heavy atom. The number of hydrogen-bond donors (Lipinski definition) is 2. The molecule has 1 saturated carbocycles. The zero-order valence-electron chi connectivity index (χ0n) is 18.7. The number of fused-ring (bicyclic) bond motifs is 2. The Morgan fingerprint density at radius 2 is 2.12 bits per heavy atom. The van der Waals surface area contributed by atoms with Crippen LogP contribution in [0.25, 0.3) is 27.7 Å². The normalized spacial score (nSPS) is 18.6. The number of aromatic nitrogens is 5. The molecule has 0 bridgehead atoms. The van der Waals surface area contributed by atoms with Gasteiger partial charge in [0.1, 0.15) is 11.7 Å². The highest BCUT2D eigenvalue weighted by atomic mass is 16.2. The van der Waals surface area contributed by atoms with E-state index in [-0.39, 0.29) is 17.2 Å². The Balaban J connectivity index is 1.17. The number of carbonyl (C=O) groups excluding carboxylic acids is 2. The van der Waals surface area contributed by atoms with Crippen molar-refractivity contribution in [1.82, 2.24) is 35.0 Å². The minimum absolute atomic E-state index is 0.0900. The molecule has 1 spiro atoms. The van der Waals surface area contributed by atoms with Gasteiger partial charge in [0.25, 0.3) is 0 Å². The first kappa shape index (κ1) is 20.6. The lowest BCUT2D eigenvalue weighted by molar-refractivity contribution is -0.135. The zero-order valence-corrected chi connectivity index (χ0v) is 18.7. The van der Waals surface area contributed by atoms with Crippen LogP contribution in [0.2, 0.25) is 0 Å². The Kier molecular flexibility index (Phi) is 4.72. The summed E-state index contributed by atoms with van der Waals surface area (Å²) >= 11 is 0. The van der Waals surface area contributed by atoms with E-state index in [9.17, 15) is 9.59 Å². The predicted octanol–water partition coefficient (Wildman–Crippen LogP) is 2.50. The first-order chi connectivity index (χ1) is 16.6. The van der Waals surface area contributed by atoms with E-state index in [0.717, 1.165) is 52.6 Å². The summed E-state index contributed by atoms with van der Waals surface area (Å²) in [4.78, 5) is 34.7. The molecule has 2 aliphatic rings. The van der Waals surface area contributed by atoms with Crippen LogP contribution in [0.15, 0.2) is 55.5 Å². The largest absolute Gasteiger partial charge is 0.354 e. The molecule has 2 amide bonds. The molecular weight excluding hydrogens is 430 g/mol. The first-order valence-corrected chi connectivity index (χ1v) is 11.5. The maximum Gasteiger partial charge on any atom is 0.246 e. The van der Waals surface area contributed by atoms with E-state index in [1.807, 2.05) is 24.4 Å². The van der Waals surface area contributed by atoms with Gasteiger partial charge in [0.05, 0.1) is 11.7 Å². The molecule has 0 unspecified atom stereocenters. The van der Waals surface area contributed by atoms with E-state index in [1.165, 1.54) is 6.08 Å². The highest BCUT2D eigenvalue weighted by Gasteiger charge is 2.54. The molecule has 9 heteroatoms. The molecule has 6 rings (SSSR count). The van der Waals surface area contributed by atoms with E-state index >= 15 is 0 Å². The molecule has 4 aromatic heterocycles. The molecule has 1 saturated heterocycles. The molecule has 1 atom stereocenters. The molecule has 2 fully saturated rings. The van der Waals surface area contributed by atoms with Gasteiger partial charge >= 0.3 is 0 Å². The van der Waals surface area contributed by atoms with Crippen molar-refractivity contribution >= 4 is 28.4 Å². The highest BCUT2D eigenvalue weighted by molar-refractivity contribution is 5.97. The van der Waals surface area contributed by atoms with Gasteiger partial charge in [-0.15, -0.1) is 0 Å². The minimum Gasteiger partial charge on any atom is -0.354 e. The van der Waals surface area contributed by atoms with Crippen LogP contribution in [0.4, 0.5) is 0 Å². The van der Waals surface area contributed by atoms with Crippen molar-refractivity contribution in [2.45, 2.75) is 31.7 Å². The highest BCUT2D eigenvalue weighted by Crippen LogP contribution is 2.54. The number of carbonyl (C=O) groups is 2. The number of rotatable bonds is 6. The van der Waals surface area contributed by atoms with Crippen LogP contribution in [0.5, 0.6) is 0 Å². The van der Waals surface area contributed by atoms with Crippen LogP contribution in [0.3, 0.4) is 0 Å². The van der Waals surface area contributed by atoms with Gasteiger partial charge in [-0.25, -0.2) is 4.98 Å². The lowest BCUT2D eigenvalue weighted by Crippen LogP contribution is -2.45. The molecule has 5 heterocycles. The van der Waals surface area contributed by atoms with Crippen LogP contribution in [0, 0.1) is 5.41 Å². The minimum atomic E-state index is -0.409. The summed E-state index contributed by atoms with van der Waals surface area (Å²) in [6.07, 6.45) is 10.1. The molecule has 4 aromatic rings. The third-order valence-electron chi connectivity index (χ3n) is 7.10. The van der Waals surface area contributed by atoms with Crippen molar-refractivity contribution in [3.05, 3.63) is 61.2 Å². The summed E-state index contributed by atoms with van der Waals surface area (Å²) < 4.78 is 1.61. The number of pyridine rings is 1. The summed E-state index contributed by atoms with van der Waals surface area (Å²) in [7, 11) is 0. The van der Waals surface area contributed by atoms with Gasteiger partial charge in [0, 0.05) is 48.5 Å². The van der Waals surface area contributed by atoms with Gasteiger partial charge in [0.2, 0.25) is 11.8 Å². The molecule has 0 aromatic carbocycles. The number of amides is 2. The maximum atomic E-state index is 12.9. The van der Waals surface area contributed by atoms with Crippen molar-refractivity contribution in [1.29, 1.82) is 0 Å². The summed E-state index contributed by atoms with van der Waals surface area (Å²) in [5, 5.41) is 12.6. The van der Waals surface area contributed by atoms with Crippen LogP contribution in [-0.4, -0.2) is 60.6 Å². The average molecular weight is 456 g/mol. The lowest BCUT2D eigenvalue weighted by atomic mass is 10.0. The Morgan fingerprint density at radius 3 is 2.94 bits per heavy atom. The molecule has 1 aliphatic heterocycles. The number of nitrogens with one attached hydrogen (secondary N) is 2. The third-order valence-corrected chi connectivity index (χ3v) is 7.10. The summed E-state index contributed by atoms with van der Waals surface area (Å²) in [5.74, 6) is -0.256. The fourth-order valence-electron chi connectivity index (χ4n) is 5.11. The quantitative estimate of drug-likeness (QED) is 0.434. The molecule has 172 valence electrons. The second kappa shape index (κ2) is 7.79. The Hall–Kier alpha value is -4.01. The van der Waals surface area contributed by atoms with Crippen molar-refractivity contribution in [3.63, 3.8) is 0 Å². The molecule has 1 aliphatic carbocycles. The Labute approximate surface area is 195 Å². The van der Waals surface area contributed by atoms with Gasteiger partial charge in [-0.05, 0) is 60.6 Å². The average Bonchev–Trinajstić information content (AvgIpc) is 3.18. The van der Waals surface area contributed by atoms with E-state index in [4.69, 9.17) is 0 Å². The summed E-state index contributed by atoms with van der Waals surface area (Å²) in [5.41, 5.74) is 4.85. The van der Waals surface area contributed by atoms with Crippen LogP contribution in [-0.2, 0) is 16.0 Å². The van der Waals surface area contributed by atoms with Crippen LogP contribution in [0.1, 0.15) is 25.0 Å². The maximum absolute atomic E-state index is 12.9. The zero-order chi connectivity index (χ0) is 23.3. The number of hydrogen-bond acceptors (Lipinski definition) is 5. The van der Waals surface area contributed by atoms with Crippen LogP contribution < -0.4 is 5.32 Å². The molecule has 2 N–H and O–H groups in total. The number of likely N-dealkylation sites (tertiary alicyclic amines) is 1. The lowest BCUT2D eigenvalue weighted by Gasteiger charge is -2.22. The Bertz CT molecular complexity index is 1430. The number of nitrogens with zero attached hydrogens (tertiary/aromatic N) is 5. The standard InChI is InChI=1S/C25H25N7O2/c1-2-22(33)31-15-25(7-8-25)13-21(31)24(34)27-10-5-16-12-18-17(6-11-26-23(18)30-16)19-14-29-32-20(19)4-3-9-28-32/h2-4,6,9,11-12,14,21H,1,5,7-8,10,13,15H2,(H,26,30)(H,27,34)/t21-/m0/s1. The number of H-pyrrole nitrogens is 1. The first-order valence-electron chi connectivity index (χ1n) is 11.5. The van der Waals surface area contributed by atoms with Crippen molar-refractivity contribution in [2.75, 3.05) is 13.1 Å².